The summed E-state index contributed by atoms with van der Waals surface area (Å²) >= 11 is 3.37. The maximum absolute atomic E-state index is 12.4. The lowest BCUT2D eigenvalue weighted by molar-refractivity contribution is -0.137. The molecule has 0 aliphatic carbocycles. The Labute approximate surface area is 116 Å². The highest BCUT2D eigenvalue weighted by Gasteiger charge is 2.32. The third-order valence-electron chi connectivity index (χ3n) is 2.65. The van der Waals surface area contributed by atoms with E-state index in [0.717, 1.165) is 28.0 Å². The molecule has 1 aromatic heterocycles. The zero-order valence-electron chi connectivity index (χ0n) is 9.78. The summed E-state index contributed by atoms with van der Waals surface area (Å²) < 4.78 is 39.4. The summed E-state index contributed by atoms with van der Waals surface area (Å²) in [5.74, 6) is 0. The van der Waals surface area contributed by atoms with Crippen molar-refractivity contribution in [1.82, 2.24) is 9.78 Å². The molecular weight excluding hydrogens is 323 g/mol. The fourth-order valence-electron chi connectivity index (χ4n) is 1.62. The molecule has 2 N–H and O–H groups in total. The van der Waals surface area contributed by atoms with Crippen molar-refractivity contribution in [2.45, 2.75) is 19.3 Å². The van der Waals surface area contributed by atoms with Crippen LogP contribution in [-0.4, -0.2) is 9.78 Å². The van der Waals surface area contributed by atoms with Crippen molar-refractivity contribution in [2.75, 3.05) is 0 Å². The molecule has 3 nitrogen and oxygen atoms in total. The lowest BCUT2D eigenvalue weighted by Gasteiger charge is -2.07. The van der Waals surface area contributed by atoms with Gasteiger partial charge in [0.05, 0.1) is 18.3 Å². The Morgan fingerprint density at radius 3 is 2.58 bits per heavy atom. The molecule has 0 aliphatic heterocycles. The van der Waals surface area contributed by atoms with Crippen LogP contribution in [0, 0.1) is 0 Å². The Kier molecular flexibility index (Phi) is 3.96. The molecule has 0 atom stereocenters. The molecule has 1 aromatic carbocycles. The molecule has 0 saturated heterocycles. The molecule has 2 rings (SSSR count). The van der Waals surface area contributed by atoms with Gasteiger partial charge in [0.1, 0.15) is 0 Å². The molecule has 0 bridgehead atoms. The molecule has 0 unspecified atom stereocenters. The van der Waals surface area contributed by atoms with E-state index >= 15 is 0 Å². The van der Waals surface area contributed by atoms with Crippen LogP contribution < -0.4 is 5.73 Å². The van der Waals surface area contributed by atoms with Gasteiger partial charge in [-0.05, 0) is 17.2 Å². The molecule has 0 spiro atoms. The van der Waals surface area contributed by atoms with Crippen LogP contribution in [-0.2, 0) is 19.3 Å². The van der Waals surface area contributed by atoms with E-state index in [0.29, 0.717) is 6.54 Å². The summed E-state index contributed by atoms with van der Waals surface area (Å²) in [5, 5.41) is 3.71. The van der Waals surface area contributed by atoms with Gasteiger partial charge in [-0.15, -0.1) is 0 Å². The summed E-state index contributed by atoms with van der Waals surface area (Å²) in [4.78, 5) is 0. The predicted molar refractivity (Wildman–Crippen MR) is 68.4 cm³/mol. The van der Waals surface area contributed by atoms with E-state index in [4.69, 9.17) is 5.73 Å². The summed E-state index contributed by atoms with van der Waals surface area (Å²) in [5.41, 5.74) is 6.55. The summed E-state index contributed by atoms with van der Waals surface area (Å²) in [6, 6.07) is 5.51. The van der Waals surface area contributed by atoms with Crippen LogP contribution in [0.3, 0.4) is 0 Å². The second-order valence-electron chi connectivity index (χ2n) is 4.05. The lowest BCUT2D eigenvalue weighted by Crippen LogP contribution is -2.04. The topological polar surface area (TPSA) is 43.8 Å². The molecule has 0 amide bonds. The van der Waals surface area contributed by atoms with Crippen molar-refractivity contribution in [3.05, 3.63) is 51.8 Å². The van der Waals surface area contributed by atoms with E-state index in [-0.39, 0.29) is 6.54 Å². The number of nitrogens with two attached hydrogens (primary N) is 1. The summed E-state index contributed by atoms with van der Waals surface area (Å²) in [6.07, 6.45) is -2.55. The van der Waals surface area contributed by atoms with Crippen LogP contribution in [0.15, 0.2) is 35.1 Å². The summed E-state index contributed by atoms with van der Waals surface area (Å²) in [6.45, 7) is 0.681. The van der Waals surface area contributed by atoms with E-state index in [1.165, 1.54) is 4.68 Å². The Morgan fingerprint density at radius 1 is 1.32 bits per heavy atom. The summed E-state index contributed by atoms with van der Waals surface area (Å²) in [7, 11) is 0. The highest BCUT2D eigenvalue weighted by molar-refractivity contribution is 9.10. The van der Waals surface area contributed by atoms with E-state index < -0.39 is 11.7 Å². The lowest BCUT2D eigenvalue weighted by atomic mass is 10.1. The van der Waals surface area contributed by atoms with Gasteiger partial charge in [0.25, 0.3) is 0 Å². The molecule has 0 fully saturated rings. The quantitative estimate of drug-likeness (QED) is 0.937. The number of aromatic nitrogens is 2. The van der Waals surface area contributed by atoms with E-state index in [2.05, 4.69) is 21.0 Å². The first kappa shape index (κ1) is 14.1. The Bertz CT molecular complexity index is 578. The van der Waals surface area contributed by atoms with Gasteiger partial charge in [0.15, 0.2) is 0 Å². The molecule has 0 aliphatic rings. The van der Waals surface area contributed by atoms with Crippen LogP contribution in [0.4, 0.5) is 13.2 Å². The van der Waals surface area contributed by atoms with Crippen molar-refractivity contribution in [3.63, 3.8) is 0 Å². The monoisotopic (exact) mass is 333 g/mol. The van der Waals surface area contributed by atoms with Crippen molar-refractivity contribution in [1.29, 1.82) is 0 Å². The number of hydrogen-bond acceptors (Lipinski definition) is 2. The van der Waals surface area contributed by atoms with Gasteiger partial charge in [-0.2, -0.15) is 18.3 Å². The number of alkyl halides is 3. The van der Waals surface area contributed by atoms with Gasteiger partial charge in [0, 0.05) is 17.2 Å². The molecular formula is C12H11BrF3N3. The number of benzene rings is 1. The second-order valence-corrected chi connectivity index (χ2v) is 4.91. The van der Waals surface area contributed by atoms with Crippen LogP contribution in [0.1, 0.15) is 16.7 Å². The van der Waals surface area contributed by atoms with Crippen molar-refractivity contribution < 1.29 is 13.2 Å². The second kappa shape index (κ2) is 5.34. The number of rotatable bonds is 3. The SMILES string of the molecule is NCc1ccc(Cn2cc(C(F)(F)F)cn2)c(Br)c1. The van der Waals surface area contributed by atoms with Gasteiger partial charge in [-0.3, -0.25) is 4.68 Å². The van der Waals surface area contributed by atoms with Gasteiger partial charge in [-0.25, -0.2) is 0 Å². The Morgan fingerprint density at radius 2 is 2.05 bits per heavy atom. The van der Waals surface area contributed by atoms with Gasteiger partial charge < -0.3 is 5.73 Å². The van der Waals surface area contributed by atoms with Gasteiger partial charge >= 0.3 is 6.18 Å². The van der Waals surface area contributed by atoms with E-state index in [1.807, 2.05) is 18.2 Å². The largest absolute Gasteiger partial charge is 0.419 e. The predicted octanol–water partition coefficient (Wildman–Crippen LogP) is 3.17. The van der Waals surface area contributed by atoms with Crippen LogP contribution in [0.5, 0.6) is 0 Å². The number of nitrogens with zero attached hydrogens (tertiary/aromatic N) is 2. The fraction of sp³-hybridized carbons (Fsp3) is 0.250. The fourth-order valence-corrected chi connectivity index (χ4v) is 2.17. The minimum atomic E-state index is -4.36. The van der Waals surface area contributed by atoms with Gasteiger partial charge in [0.2, 0.25) is 0 Å². The maximum atomic E-state index is 12.4. The van der Waals surface area contributed by atoms with Crippen molar-refractivity contribution in [2.24, 2.45) is 5.73 Å². The van der Waals surface area contributed by atoms with E-state index in [1.54, 1.807) is 0 Å². The van der Waals surface area contributed by atoms with E-state index in [9.17, 15) is 13.2 Å². The highest BCUT2D eigenvalue weighted by Crippen LogP contribution is 2.29. The average Bonchev–Trinajstić information content (AvgIpc) is 2.80. The molecule has 0 radical (unpaired) electrons. The molecule has 0 saturated carbocycles. The molecule has 2 aromatic rings. The first-order valence-electron chi connectivity index (χ1n) is 5.47. The van der Waals surface area contributed by atoms with Gasteiger partial charge in [-0.1, -0.05) is 28.1 Å². The minimum Gasteiger partial charge on any atom is -0.326 e. The number of halogens is 4. The van der Waals surface area contributed by atoms with Crippen LogP contribution in [0.25, 0.3) is 0 Å². The molecule has 1 heterocycles. The van der Waals surface area contributed by atoms with Crippen LogP contribution >= 0.6 is 15.9 Å². The van der Waals surface area contributed by atoms with Crippen molar-refractivity contribution >= 4 is 15.9 Å². The standard InChI is InChI=1S/C12H11BrF3N3/c13-11-3-8(4-17)1-2-9(11)6-19-7-10(5-18-19)12(14,15)16/h1-3,5,7H,4,6,17H2. The third-order valence-corrected chi connectivity index (χ3v) is 3.38. The van der Waals surface area contributed by atoms with Crippen LogP contribution in [0.2, 0.25) is 0 Å². The molecule has 19 heavy (non-hydrogen) atoms. The zero-order chi connectivity index (χ0) is 14.0. The zero-order valence-corrected chi connectivity index (χ0v) is 11.4. The smallest absolute Gasteiger partial charge is 0.326 e. The Balaban J connectivity index is 2.20. The van der Waals surface area contributed by atoms with Crippen molar-refractivity contribution in [3.8, 4) is 0 Å². The molecule has 7 heteroatoms. The normalized spacial score (nSPS) is 11.8. The maximum Gasteiger partial charge on any atom is 0.419 e. The number of hydrogen-bond donors (Lipinski definition) is 1. The molecule has 102 valence electrons. The minimum absolute atomic E-state index is 0.265. The first-order chi connectivity index (χ1) is 8.90. The third kappa shape index (κ3) is 3.36. The first-order valence-corrected chi connectivity index (χ1v) is 6.26. The Hall–Kier alpha value is -1.34. The average molecular weight is 334 g/mol. The highest BCUT2D eigenvalue weighted by atomic mass is 79.9.